The first-order valence-corrected chi connectivity index (χ1v) is 4.40. The monoisotopic (exact) mass is 188 g/mol. The Kier molecular flexibility index (Phi) is 3.05. The van der Waals surface area contributed by atoms with Crippen molar-refractivity contribution in [1.82, 2.24) is 0 Å². The molecule has 13 heavy (non-hydrogen) atoms. The Morgan fingerprint density at radius 1 is 1.38 bits per heavy atom. The topological polar surface area (TPSA) is 55.8 Å². The van der Waals surface area contributed by atoms with Crippen LogP contribution < -0.4 is 0 Å². The zero-order chi connectivity index (χ0) is 10.1. The molecule has 1 heterocycles. The molecule has 0 radical (unpaired) electrons. The first-order valence-electron chi connectivity index (χ1n) is 4.40. The maximum atomic E-state index is 10.9. The van der Waals surface area contributed by atoms with Crippen molar-refractivity contribution in [2.45, 2.75) is 45.2 Å². The molecule has 0 saturated carbocycles. The van der Waals surface area contributed by atoms with E-state index in [1.807, 2.05) is 0 Å². The summed E-state index contributed by atoms with van der Waals surface area (Å²) in [4.78, 5) is 10.9. The molecule has 0 unspecified atom stereocenters. The van der Waals surface area contributed by atoms with E-state index in [0.717, 1.165) is 0 Å². The highest BCUT2D eigenvalue weighted by atomic mass is 16.8. The number of aliphatic hydroxyl groups is 1. The van der Waals surface area contributed by atoms with Gasteiger partial charge >= 0.3 is 0 Å². The largest absolute Gasteiger partial charge is 0.394 e. The highest BCUT2D eigenvalue weighted by Crippen LogP contribution is 2.29. The van der Waals surface area contributed by atoms with E-state index in [-0.39, 0.29) is 24.6 Å². The highest BCUT2D eigenvalue weighted by Gasteiger charge is 2.41. The molecule has 0 aliphatic carbocycles. The molecule has 1 fully saturated rings. The van der Waals surface area contributed by atoms with Crippen LogP contribution in [0.5, 0.6) is 0 Å². The van der Waals surface area contributed by atoms with Crippen LogP contribution in [0.1, 0.15) is 27.2 Å². The van der Waals surface area contributed by atoms with Gasteiger partial charge in [-0.2, -0.15) is 0 Å². The Morgan fingerprint density at radius 3 is 2.38 bits per heavy atom. The molecule has 2 atom stereocenters. The lowest BCUT2D eigenvalue weighted by Crippen LogP contribution is -2.27. The minimum absolute atomic E-state index is 0.0461. The molecule has 0 bridgehead atoms. The maximum absolute atomic E-state index is 10.9. The van der Waals surface area contributed by atoms with Gasteiger partial charge in [0, 0.05) is 6.42 Å². The van der Waals surface area contributed by atoms with Gasteiger partial charge in [0.2, 0.25) is 0 Å². The zero-order valence-corrected chi connectivity index (χ0v) is 8.24. The predicted molar refractivity (Wildman–Crippen MR) is 46.2 cm³/mol. The average Bonchev–Trinajstić information content (AvgIpc) is 2.24. The summed E-state index contributed by atoms with van der Waals surface area (Å²) in [5.74, 6) is -0.641. The lowest BCUT2D eigenvalue weighted by Gasteiger charge is -2.16. The van der Waals surface area contributed by atoms with E-state index in [9.17, 15) is 4.79 Å². The summed E-state index contributed by atoms with van der Waals surface area (Å²) in [6.45, 7) is 4.94. The molecule has 1 aliphatic heterocycles. The van der Waals surface area contributed by atoms with Crippen molar-refractivity contribution in [3.05, 3.63) is 0 Å². The van der Waals surface area contributed by atoms with Gasteiger partial charge in [-0.05, 0) is 20.8 Å². The number of hydrogen-bond acceptors (Lipinski definition) is 4. The molecule has 1 saturated heterocycles. The fourth-order valence-electron chi connectivity index (χ4n) is 1.52. The van der Waals surface area contributed by atoms with Crippen LogP contribution in [0.25, 0.3) is 0 Å². The standard InChI is InChI=1S/C9H16O4/c1-6(11)4-7-8(5-10)13-9(2,3)12-7/h7-8,10H,4-5H2,1-3H3/t7-,8-/m1/s1. The summed E-state index contributed by atoms with van der Waals surface area (Å²) in [6.07, 6.45) is -0.384. The minimum Gasteiger partial charge on any atom is -0.394 e. The third-order valence-corrected chi connectivity index (χ3v) is 1.95. The Labute approximate surface area is 77.8 Å². The Balaban J connectivity index is 2.58. The second kappa shape index (κ2) is 3.74. The summed E-state index contributed by atoms with van der Waals surface area (Å²) in [7, 11) is 0. The predicted octanol–water partition coefficient (Wildman–Crippen LogP) is 0.478. The van der Waals surface area contributed by atoms with E-state index >= 15 is 0 Å². The number of Topliss-reactive ketones (excluding diaryl/α,β-unsaturated/α-hetero) is 1. The van der Waals surface area contributed by atoms with E-state index in [2.05, 4.69) is 0 Å². The molecule has 0 aromatic heterocycles. The van der Waals surface area contributed by atoms with E-state index < -0.39 is 5.79 Å². The summed E-state index contributed by atoms with van der Waals surface area (Å²) in [5, 5.41) is 8.97. The van der Waals surface area contributed by atoms with Crippen LogP contribution in [0.2, 0.25) is 0 Å². The quantitative estimate of drug-likeness (QED) is 0.699. The molecule has 4 heteroatoms. The third-order valence-electron chi connectivity index (χ3n) is 1.95. The molecule has 1 rings (SSSR count). The summed E-state index contributed by atoms with van der Waals surface area (Å²) < 4.78 is 10.8. The van der Waals surface area contributed by atoms with Gasteiger partial charge in [-0.25, -0.2) is 0 Å². The van der Waals surface area contributed by atoms with Crippen molar-refractivity contribution < 1.29 is 19.4 Å². The van der Waals surface area contributed by atoms with Gasteiger partial charge in [0.15, 0.2) is 5.79 Å². The van der Waals surface area contributed by atoms with Crippen LogP contribution in [-0.4, -0.2) is 35.5 Å². The van der Waals surface area contributed by atoms with Crippen LogP contribution in [0.15, 0.2) is 0 Å². The van der Waals surface area contributed by atoms with E-state index in [0.29, 0.717) is 6.42 Å². The molecule has 0 spiro atoms. The van der Waals surface area contributed by atoms with Crippen molar-refractivity contribution in [2.24, 2.45) is 0 Å². The van der Waals surface area contributed by atoms with Crippen molar-refractivity contribution in [1.29, 1.82) is 0 Å². The van der Waals surface area contributed by atoms with E-state index in [1.165, 1.54) is 6.92 Å². The molecular formula is C9H16O4. The number of carbonyl (C=O) groups is 1. The van der Waals surface area contributed by atoms with Crippen molar-refractivity contribution in [2.75, 3.05) is 6.61 Å². The minimum atomic E-state index is -0.687. The number of rotatable bonds is 3. The number of hydrogen-bond donors (Lipinski definition) is 1. The van der Waals surface area contributed by atoms with E-state index in [4.69, 9.17) is 14.6 Å². The zero-order valence-electron chi connectivity index (χ0n) is 8.24. The first-order chi connectivity index (χ1) is 5.94. The highest BCUT2D eigenvalue weighted by molar-refractivity contribution is 5.76. The maximum Gasteiger partial charge on any atom is 0.163 e. The van der Waals surface area contributed by atoms with Gasteiger partial charge in [0.25, 0.3) is 0 Å². The molecule has 1 N–H and O–H groups in total. The lowest BCUT2D eigenvalue weighted by atomic mass is 10.1. The number of aliphatic hydroxyl groups excluding tert-OH is 1. The van der Waals surface area contributed by atoms with Gasteiger partial charge in [-0.3, -0.25) is 4.79 Å². The fourth-order valence-corrected chi connectivity index (χ4v) is 1.52. The Bertz CT molecular complexity index is 200. The Morgan fingerprint density at radius 2 is 1.92 bits per heavy atom. The van der Waals surface area contributed by atoms with Crippen LogP contribution in [-0.2, 0) is 14.3 Å². The molecule has 4 nitrogen and oxygen atoms in total. The number of ether oxygens (including phenoxy) is 2. The molecule has 1 aliphatic rings. The van der Waals surface area contributed by atoms with Crippen molar-refractivity contribution in [3.63, 3.8) is 0 Å². The molecule has 76 valence electrons. The van der Waals surface area contributed by atoms with Gasteiger partial charge in [0.1, 0.15) is 11.9 Å². The van der Waals surface area contributed by atoms with Gasteiger partial charge in [-0.15, -0.1) is 0 Å². The molecule has 0 aromatic carbocycles. The SMILES string of the molecule is CC(=O)C[C@H]1OC(C)(C)O[C@@H]1CO. The number of ketones is 1. The normalized spacial score (nSPS) is 32.0. The van der Waals surface area contributed by atoms with Crippen LogP contribution >= 0.6 is 0 Å². The summed E-state index contributed by atoms with van der Waals surface area (Å²) in [6, 6.07) is 0. The summed E-state index contributed by atoms with van der Waals surface area (Å²) >= 11 is 0. The van der Waals surface area contributed by atoms with Crippen molar-refractivity contribution >= 4 is 5.78 Å². The average molecular weight is 188 g/mol. The van der Waals surface area contributed by atoms with Crippen LogP contribution in [0, 0.1) is 0 Å². The van der Waals surface area contributed by atoms with Gasteiger partial charge in [0.05, 0.1) is 12.7 Å². The van der Waals surface area contributed by atoms with Crippen LogP contribution in [0.4, 0.5) is 0 Å². The smallest absolute Gasteiger partial charge is 0.163 e. The van der Waals surface area contributed by atoms with Gasteiger partial charge in [-0.1, -0.05) is 0 Å². The Hall–Kier alpha value is -0.450. The second-order valence-corrected chi connectivity index (χ2v) is 3.80. The van der Waals surface area contributed by atoms with Crippen molar-refractivity contribution in [3.8, 4) is 0 Å². The van der Waals surface area contributed by atoms with Gasteiger partial charge < -0.3 is 14.6 Å². The van der Waals surface area contributed by atoms with E-state index in [1.54, 1.807) is 13.8 Å². The molecular weight excluding hydrogens is 172 g/mol. The van der Waals surface area contributed by atoms with Crippen LogP contribution in [0.3, 0.4) is 0 Å². The molecule has 0 aromatic rings. The number of carbonyl (C=O) groups excluding carboxylic acids is 1. The molecule has 0 amide bonds. The second-order valence-electron chi connectivity index (χ2n) is 3.80. The fraction of sp³-hybridized carbons (Fsp3) is 0.889. The lowest BCUT2D eigenvalue weighted by molar-refractivity contribution is -0.150. The summed E-state index contributed by atoms with van der Waals surface area (Å²) in [5.41, 5.74) is 0. The third kappa shape index (κ3) is 2.76. The first kappa shape index (κ1) is 10.6.